The molecule has 0 fully saturated rings. The van der Waals surface area contributed by atoms with Crippen molar-refractivity contribution in [2.24, 2.45) is 4.99 Å². The Bertz CT molecular complexity index is 1490. The number of allylic oxidation sites excluding steroid dienone is 1. The van der Waals surface area contributed by atoms with Crippen molar-refractivity contribution in [1.82, 2.24) is 4.57 Å². The molecule has 2 heterocycles. The molecule has 10 heteroatoms. The number of methoxy groups -OCH3 is 5. The molecule has 188 valence electrons. The molecule has 1 aliphatic heterocycles. The predicted octanol–water partition coefficient (Wildman–Crippen LogP) is 2.44. The molecule has 9 nitrogen and oxygen atoms in total. The van der Waals surface area contributed by atoms with Gasteiger partial charge in [-0.15, -0.1) is 0 Å². The van der Waals surface area contributed by atoms with Crippen LogP contribution >= 0.6 is 11.3 Å². The average molecular weight is 511 g/mol. The highest BCUT2D eigenvalue weighted by molar-refractivity contribution is 7.07. The molecule has 1 aliphatic rings. The molecule has 36 heavy (non-hydrogen) atoms. The van der Waals surface area contributed by atoms with Gasteiger partial charge in [0.1, 0.15) is 5.75 Å². The number of benzene rings is 2. The summed E-state index contributed by atoms with van der Waals surface area (Å²) >= 11 is 1.24. The molecule has 0 saturated heterocycles. The van der Waals surface area contributed by atoms with Crippen LogP contribution in [0.1, 0.15) is 24.1 Å². The van der Waals surface area contributed by atoms with E-state index in [1.165, 1.54) is 44.3 Å². The van der Waals surface area contributed by atoms with Gasteiger partial charge >= 0.3 is 5.97 Å². The molecule has 0 bridgehead atoms. The van der Waals surface area contributed by atoms with Crippen LogP contribution in [0.2, 0.25) is 0 Å². The number of nitrogens with zero attached hydrogens (tertiary/aromatic N) is 2. The zero-order valence-corrected chi connectivity index (χ0v) is 21.6. The third-order valence-corrected chi connectivity index (χ3v) is 6.83. The van der Waals surface area contributed by atoms with Crippen molar-refractivity contribution in [3.63, 3.8) is 0 Å². The lowest BCUT2D eigenvalue weighted by atomic mass is 9.95. The Hall–Kier alpha value is -4.05. The SMILES string of the molecule is COC(=O)C1=C(C)N=c2sc(=Cc3ccc(OC)cc3)c(=O)n2C1c1cc(OC)c(OC)c(OC)c1. The van der Waals surface area contributed by atoms with Crippen molar-refractivity contribution >= 4 is 23.4 Å². The quantitative estimate of drug-likeness (QED) is 0.451. The van der Waals surface area contributed by atoms with E-state index in [4.69, 9.17) is 23.7 Å². The summed E-state index contributed by atoms with van der Waals surface area (Å²) in [6.07, 6.45) is 1.78. The molecule has 2 aromatic carbocycles. The number of fused-ring (bicyclic) bond motifs is 1. The largest absolute Gasteiger partial charge is 0.497 e. The Balaban J connectivity index is 1.99. The number of rotatable bonds is 7. The molecule has 0 spiro atoms. The highest BCUT2D eigenvalue weighted by Crippen LogP contribution is 2.42. The van der Waals surface area contributed by atoms with Gasteiger partial charge in [0.2, 0.25) is 5.75 Å². The van der Waals surface area contributed by atoms with Crippen LogP contribution in [0.15, 0.2) is 57.5 Å². The van der Waals surface area contributed by atoms with Crippen molar-refractivity contribution in [2.75, 3.05) is 35.5 Å². The average Bonchev–Trinajstić information content (AvgIpc) is 3.20. The third-order valence-electron chi connectivity index (χ3n) is 5.84. The van der Waals surface area contributed by atoms with Crippen LogP contribution in [0.25, 0.3) is 6.08 Å². The zero-order chi connectivity index (χ0) is 26.0. The molecule has 1 aromatic heterocycles. The number of carbonyl (C=O) groups excluding carboxylic acids is 1. The van der Waals surface area contributed by atoms with Gasteiger partial charge in [0.05, 0.1) is 57.4 Å². The molecule has 1 atom stereocenters. The number of hydrogen-bond donors (Lipinski definition) is 0. The van der Waals surface area contributed by atoms with Crippen LogP contribution in [0.3, 0.4) is 0 Å². The summed E-state index contributed by atoms with van der Waals surface area (Å²) in [7, 11) is 7.40. The standard InChI is InChI=1S/C26H26N2O7S/c1-14-21(25(30)35-6)22(16-12-18(32-3)23(34-5)19(13-16)33-4)28-24(29)20(36-26(28)27-14)11-15-7-9-17(31-2)10-8-15/h7-13,22H,1-6H3. The smallest absolute Gasteiger partial charge is 0.338 e. The fourth-order valence-electron chi connectivity index (χ4n) is 4.12. The maximum atomic E-state index is 13.7. The Kier molecular flexibility index (Phi) is 7.16. The summed E-state index contributed by atoms with van der Waals surface area (Å²) in [6, 6.07) is 9.98. The van der Waals surface area contributed by atoms with Gasteiger partial charge in [0.15, 0.2) is 16.3 Å². The highest BCUT2D eigenvalue weighted by atomic mass is 32.1. The lowest BCUT2D eigenvalue weighted by molar-refractivity contribution is -0.136. The third kappa shape index (κ3) is 4.35. The molecule has 4 rings (SSSR count). The first-order valence-corrected chi connectivity index (χ1v) is 11.7. The van der Waals surface area contributed by atoms with Crippen molar-refractivity contribution in [3.05, 3.63) is 78.5 Å². The van der Waals surface area contributed by atoms with Crippen LogP contribution in [0, 0.1) is 0 Å². The summed E-state index contributed by atoms with van der Waals surface area (Å²) in [5.74, 6) is 1.32. The maximum absolute atomic E-state index is 13.7. The molecule has 1 unspecified atom stereocenters. The van der Waals surface area contributed by atoms with Crippen LogP contribution in [-0.4, -0.2) is 46.1 Å². The van der Waals surface area contributed by atoms with E-state index in [1.807, 2.05) is 24.3 Å². The van der Waals surface area contributed by atoms with E-state index in [2.05, 4.69) is 4.99 Å². The maximum Gasteiger partial charge on any atom is 0.338 e. The summed E-state index contributed by atoms with van der Waals surface area (Å²) in [4.78, 5) is 31.7. The monoisotopic (exact) mass is 510 g/mol. The van der Waals surface area contributed by atoms with Gasteiger partial charge in [-0.3, -0.25) is 9.36 Å². The second-order valence-corrected chi connectivity index (χ2v) is 8.81. The van der Waals surface area contributed by atoms with Crippen molar-refractivity contribution in [2.45, 2.75) is 13.0 Å². The second kappa shape index (κ2) is 10.3. The van der Waals surface area contributed by atoms with Crippen molar-refractivity contribution in [3.8, 4) is 23.0 Å². The van der Waals surface area contributed by atoms with E-state index in [1.54, 1.807) is 32.2 Å². The summed E-state index contributed by atoms with van der Waals surface area (Å²) in [6.45, 7) is 1.72. The van der Waals surface area contributed by atoms with E-state index in [9.17, 15) is 9.59 Å². The molecule has 3 aromatic rings. The minimum Gasteiger partial charge on any atom is -0.497 e. The Morgan fingerprint density at radius 3 is 2.14 bits per heavy atom. The Morgan fingerprint density at radius 2 is 1.61 bits per heavy atom. The van der Waals surface area contributed by atoms with Gasteiger partial charge in [-0.1, -0.05) is 23.5 Å². The van der Waals surface area contributed by atoms with Gasteiger partial charge in [-0.05, 0) is 48.4 Å². The second-order valence-electron chi connectivity index (χ2n) is 7.81. The van der Waals surface area contributed by atoms with Crippen LogP contribution in [-0.2, 0) is 9.53 Å². The molecule has 0 N–H and O–H groups in total. The lowest BCUT2D eigenvalue weighted by Crippen LogP contribution is -2.39. The van der Waals surface area contributed by atoms with Crippen LogP contribution in [0.4, 0.5) is 0 Å². The van der Waals surface area contributed by atoms with E-state index >= 15 is 0 Å². The molecular formula is C26H26N2O7S. The predicted molar refractivity (Wildman–Crippen MR) is 135 cm³/mol. The van der Waals surface area contributed by atoms with Crippen molar-refractivity contribution in [1.29, 1.82) is 0 Å². The molecular weight excluding hydrogens is 484 g/mol. The summed E-state index contributed by atoms with van der Waals surface area (Å²) in [5, 5.41) is 0. The number of ether oxygens (including phenoxy) is 5. The number of thiazole rings is 1. The summed E-state index contributed by atoms with van der Waals surface area (Å²) in [5.41, 5.74) is 1.82. The van der Waals surface area contributed by atoms with Gasteiger partial charge in [0, 0.05) is 0 Å². The first-order chi connectivity index (χ1) is 17.4. The van der Waals surface area contributed by atoms with E-state index in [-0.39, 0.29) is 11.1 Å². The number of hydrogen-bond acceptors (Lipinski definition) is 9. The minimum absolute atomic E-state index is 0.246. The lowest BCUT2D eigenvalue weighted by Gasteiger charge is -2.25. The first kappa shape index (κ1) is 25.1. The fourth-order valence-corrected chi connectivity index (χ4v) is 5.17. The fraction of sp³-hybridized carbons (Fsp3) is 0.269. The molecule has 0 amide bonds. The number of carbonyl (C=O) groups is 1. The van der Waals surface area contributed by atoms with E-state index in [0.29, 0.717) is 43.6 Å². The van der Waals surface area contributed by atoms with Gasteiger partial charge in [0.25, 0.3) is 5.56 Å². The van der Waals surface area contributed by atoms with E-state index in [0.717, 1.165) is 5.56 Å². The van der Waals surface area contributed by atoms with Gasteiger partial charge in [-0.25, -0.2) is 9.79 Å². The van der Waals surface area contributed by atoms with Gasteiger partial charge < -0.3 is 23.7 Å². The van der Waals surface area contributed by atoms with Crippen LogP contribution < -0.4 is 33.8 Å². The summed E-state index contributed by atoms with van der Waals surface area (Å²) < 4.78 is 28.7. The topological polar surface area (TPSA) is 97.6 Å². The highest BCUT2D eigenvalue weighted by Gasteiger charge is 2.34. The molecule has 0 saturated carbocycles. The normalized spacial score (nSPS) is 15.2. The zero-order valence-electron chi connectivity index (χ0n) is 20.8. The molecule has 0 aliphatic carbocycles. The van der Waals surface area contributed by atoms with Crippen molar-refractivity contribution < 1.29 is 28.5 Å². The number of esters is 1. The van der Waals surface area contributed by atoms with Gasteiger partial charge in [-0.2, -0.15) is 0 Å². The number of aromatic nitrogens is 1. The van der Waals surface area contributed by atoms with Crippen LogP contribution in [0.5, 0.6) is 23.0 Å². The molecule has 0 radical (unpaired) electrons. The Labute approximate surface area is 211 Å². The van der Waals surface area contributed by atoms with E-state index < -0.39 is 12.0 Å². The minimum atomic E-state index is -0.819. The first-order valence-electron chi connectivity index (χ1n) is 10.9. The Morgan fingerprint density at radius 1 is 0.972 bits per heavy atom.